The summed E-state index contributed by atoms with van der Waals surface area (Å²) in [5, 5.41) is 0. The van der Waals surface area contributed by atoms with Gasteiger partial charge in [0.2, 0.25) is 5.91 Å². The third kappa shape index (κ3) is 3.79. The van der Waals surface area contributed by atoms with Crippen molar-refractivity contribution in [3.8, 4) is 0 Å². The van der Waals surface area contributed by atoms with E-state index in [2.05, 4.69) is 15.9 Å². The molecule has 0 N–H and O–H groups in total. The smallest absolute Gasteiger partial charge is 0.311 e. The van der Waals surface area contributed by atoms with E-state index in [0.717, 1.165) is 15.7 Å². The van der Waals surface area contributed by atoms with Crippen LogP contribution in [0.25, 0.3) is 0 Å². The Morgan fingerprint density at radius 3 is 2.52 bits per heavy atom. The Kier molecular flexibility index (Phi) is 4.76. The van der Waals surface area contributed by atoms with Crippen LogP contribution in [0.4, 0.5) is 5.69 Å². The molecule has 4 nitrogen and oxygen atoms in total. The molecule has 2 aromatic carbocycles. The minimum Gasteiger partial charge on any atom is -0.461 e. The van der Waals surface area contributed by atoms with Crippen LogP contribution >= 0.6 is 15.9 Å². The first-order chi connectivity index (χ1) is 11.1. The predicted molar refractivity (Wildman–Crippen MR) is 90.8 cm³/mol. The van der Waals surface area contributed by atoms with Crippen LogP contribution in [-0.4, -0.2) is 18.4 Å². The average Bonchev–Trinajstić information content (AvgIpc) is 2.97. The number of ether oxygens (including phenoxy) is 1. The minimum absolute atomic E-state index is 0.0400. The Morgan fingerprint density at radius 2 is 1.83 bits per heavy atom. The number of esters is 1. The Balaban J connectivity index is 1.58. The molecule has 0 bridgehead atoms. The highest BCUT2D eigenvalue weighted by Crippen LogP contribution is 2.25. The van der Waals surface area contributed by atoms with Crippen LogP contribution in [0.5, 0.6) is 0 Å². The van der Waals surface area contributed by atoms with Crippen LogP contribution in [0, 0.1) is 5.92 Å². The largest absolute Gasteiger partial charge is 0.461 e. The Labute approximate surface area is 143 Å². The van der Waals surface area contributed by atoms with E-state index in [1.165, 1.54) is 0 Å². The lowest BCUT2D eigenvalue weighted by Gasteiger charge is -2.16. The van der Waals surface area contributed by atoms with Crippen molar-refractivity contribution in [2.45, 2.75) is 13.0 Å². The summed E-state index contributed by atoms with van der Waals surface area (Å²) in [4.78, 5) is 26.0. The summed E-state index contributed by atoms with van der Waals surface area (Å²) < 4.78 is 6.33. The number of carbonyl (C=O) groups is 2. The SMILES string of the molecule is O=C(OCc1ccc(Br)cc1)[C@H]1CC(=O)N(c2ccccc2)C1. The molecule has 23 heavy (non-hydrogen) atoms. The van der Waals surface area contributed by atoms with Crippen LogP contribution < -0.4 is 4.90 Å². The third-order valence-electron chi connectivity index (χ3n) is 3.82. The van der Waals surface area contributed by atoms with E-state index in [1.807, 2.05) is 54.6 Å². The molecule has 1 saturated heterocycles. The Morgan fingerprint density at radius 1 is 1.13 bits per heavy atom. The molecule has 0 aromatic heterocycles. The summed E-state index contributed by atoms with van der Waals surface area (Å²) >= 11 is 3.36. The molecule has 0 unspecified atom stereocenters. The number of anilines is 1. The number of rotatable bonds is 4. The van der Waals surface area contributed by atoms with Gasteiger partial charge in [-0.25, -0.2) is 0 Å². The molecule has 0 radical (unpaired) electrons. The Hall–Kier alpha value is -2.14. The molecule has 0 aliphatic carbocycles. The van der Waals surface area contributed by atoms with E-state index in [1.54, 1.807) is 4.90 Å². The summed E-state index contributed by atoms with van der Waals surface area (Å²) in [5.41, 5.74) is 1.74. The van der Waals surface area contributed by atoms with E-state index >= 15 is 0 Å². The van der Waals surface area contributed by atoms with Gasteiger partial charge in [0.1, 0.15) is 6.61 Å². The number of hydrogen-bond acceptors (Lipinski definition) is 3. The molecular formula is C18H16BrNO3. The number of benzene rings is 2. The molecule has 1 heterocycles. The summed E-state index contributed by atoms with van der Waals surface area (Å²) in [7, 11) is 0. The minimum atomic E-state index is -0.404. The second-order valence-electron chi connectivity index (χ2n) is 5.48. The molecule has 2 aromatic rings. The molecule has 118 valence electrons. The maximum Gasteiger partial charge on any atom is 0.311 e. The van der Waals surface area contributed by atoms with Crippen LogP contribution in [-0.2, 0) is 20.9 Å². The molecule has 1 fully saturated rings. The highest BCUT2D eigenvalue weighted by Gasteiger charge is 2.36. The molecule has 0 saturated carbocycles. The molecule has 1 amide bonds. The van der Waals surface area contributed by atoms with Crippen molar-refractivity contribution in [1.29, 1.82) is 0 Å². The number of hydrogen-bond donors (Lipinski definition) is 0. The molecule has 0 spiro atoms. The zero-order valence-electron chi connectivity index (χ0n) is 12.4. The van der Waals surface area contributed by atoms with Crippen LogP contribution in [0.3, 0.4) is 0 Å². The second-order valence-corrected chi connectivity index (χ2v) is 6.39. The fraction of sp³-hybridized carbons (Fsp3) is 0.222. The van der Waals surface area contributed by atoms with Crippen LogP contribution in [0.15, 0.2) is 59.1 Å². The van der Waals surface area contributed by atoms with Crippen molar-refractivity contribution in [3.05, 3.63) is 64.6 Å². The van der Waals surface area contributed by atoms with Gasteiger partial charge in [-0.2, -0.15) is 0 Å². The van der Waals surface area contributed by atoms with Gasteiger partial charge in [-0.05, 0) is 29.8 Å². The van der Waals surface area contributed by atoms with Gasteiger partial charge in [0.25, 0.3) is 0 Å². The van der Waals surface area contributed by atoms with Gasteiger partial charge < -0.3 is 9.64 Å². The number of amides is 1. The number of halogens is 1. The lowest BCUT2D eigenvalue weighted by Crippen LogP contribution is -2.26. The summed E-state index contributed by atoms with van der Waals surface area (Å²) in [5.74, 6) is -0.764. The number of nitrogens with zero attached hydrogens (tertiary/aromatic N) is 1. The van der Waals surface area contributed by atoms with E-state index in [-0.39, 0.29) is 24.9 Å². The standard InChI is InChI=1S/C18H16BrNO3/c19-15-8-6-13(7-9-15)12-23-18(22)14-10-17(21)20(11-14)16-4-2-1-3-5-16/h1-9,14H,10-12H2/t14-/m0/s1. The maximum absolute atomic E-state index is 12.2. The molecule has 3 rings (SSSR count). The zero-order valence-corrected chi connectivity index (χ0v) is 14.0. The zero-order chi connectivity index (χ0) is 16.2. The van der Waals surface area contributed by atoms with Crippen molar-refractivity contribution >= 4 is 33.5 Å². The summed E-state index contributed by atoms with van der Waals surface area (Å²) in [6, 6.07) is 17.0. The van der Waals surface area contributed by atoms with Crippen molar-refractivity contribution in [2.75, 3.05) is 11.4 Å². The van der Waals surface area contributed by atoms with Gasteiger partial charge in [0.15, 0.2) is 0 Å². The van der Waals surface area contributed by atoms with Crippen molar-refractivity contribution in [3.63, 3.8) is 0 Å². The fourth-order valence-electron chi connectivity index (χ4n) is 2.58. The van der Waals surface area contributed by atoms with Crippen molar-refractivity contribution in [2.24, 2.45) is 5.92 Å². The van der Waals surface area contributed by atoms with Gasteiger partial charge in [0.05, 0.1) is 5.92 Å². The lowest BCUT2D eigenvalue weighted by atomic mass is 10.1. The predicted octanol–water partition coefficient (Wildman–Crippen LogP) is 3.55. The summed E-state index contributed by atoms with van der Waals surface area (Å²) in [6.45, 7) is 0.601. The van der Waals surface area contributed by atoms with Crippen LogP contribution in [0.1, 0.15) is 12.0 Å². The van der Waals surface area contributed by atoms with Crippen molar-refractivity contribution < 1.29 is 14.3 Å². The third-order valence-corrected chi connectivity index (χ3v) is 4.35. The molecule has 1 aliphatic heterocycles. The van der Waals surface area contributed by atoms with Crippen LogP contribution in [0.2, 0.25) is 0 Å². The topological polar surface area (TPSA) is 46.6 Å². The van der Waals surface area contributed by atoms with Gasteiger partial charge in [-0.3, -0.25) is 9.59 Å². The van der Waals surface area contributed by atoms with Crippen molar-refractivity contribution in [1.82, 2.24) is 0 Å². The monoisotopic (exact) mass is 373 g/mol. The highest BCUT2D eigenvalue weighted by atomic mass is 79.9. The molecule has 5 heteroatoms. The Bertz CT molecular complexity index is 700. The summed E-state index contributed by atoms with van der Waals surface area (Å²) in [6.07, 6.45) is 0.202. The average molecular weight is 374 g/mol. The van der Waals surface area contributed by atoms with E-state index in [4.69, 9.17) is 4.74 Å². The van der Waals surface area contributed by atoms with Gasteiger partial charge >= 0.3 is 5.97 Å². The first-order valence-electron chi connectivity index (χ1n) is 7.40. The molecule has 1 aliphatic rings. The number of para-hydroxylation sites is 1. The first-order valence-corrected chi connectivity index (χ1v) is 8.19. The molecule has 1 atom stereocenters. The fourth-order valence-corrected chi connectivity index (χ4v) is 2.84. The van der Waals surface area contributed by atoms with E-state index in [9.17, 15) is 9.59 Å². The second kappa shape index (κ2) is 6.96. The maximum atomic E-state index is 12.2. The van der Waals surface area contributed by atoms with Gasteiger partial charge in [-0.15, -0.1) is 0 Å². The first kappa shape index (κ1) is 15.7. The normalized spacial score (nSPS) is 17.3. The van der Waals surface area contributed by atoms with E-state index in [0.29, 0.717) is 6.54 Å². The van der Waals surface area contributed by atoms with Gasteiger partial charge in [-0.1, -0.05) is 46.3 Å². The molecular weight excluding hydrogens is 358 g/mol. The number of carbonyl (C=O) groups excluding carboxylic acids is 2. The lowest BCUT2D eigenvalue weighted by molar-refractivity contribution is -0.149. The van der Waals surface area contributed by atoms with Gasteiger partial charge in [0, 0.05) is 23.1 Å². The van der Waals surface area contributed by atoms with E-state index < -0.39 is 5.92 Å². The highest BCUT2D eigenvalue weighted by molar-refractivity contribution is 9.10. The quantitative estimate of drug-likeness (QED) is 0.769.